The monoisotopic (exact) mass is 401 g/mol. The minimum Gasteiger partial charge on any atom is -0.395 e. The van der Waals surface area contributed by atoms with E-state index < -0.39 is 0 Å². The number of carbonyl (C=O) groups excluding carboxylic acids is 1. The first-order chi connectivity index (χ1) is 8.38. The van der Waals surface area contributed by atoms with Gasteiger partial charge in [0.1, 0.15) is 0 Å². The summed E-state index contributed by atoms with van der Waals surface area (Å²) in [7, 11) is 0. The fraction of sp³-hybridized carbons (Fsp3) is 0.417. The number of rotatable bonds is 4. The standard InChI is InChI=1S/C12H14Cl2INO2/c1-7(2)16(3-4-17)12(18)9-5-8(13)6-10(14)11(9)15/h5-7,17H,3-4H2,1-2H3. The normalized spacial score (nSPS) is 10.8. The molecule has 0 aliphatic heterocycles. The van der Waals surface area contributed by atoms with E-state index in [4.69, 9.17) is 28.3 Å². The molecular weight excluding hydrogens is 388 g/mol. The molecule has 1 rings (SSSR count). The van der Waals surface area contributed by atoms with Crippen molar-refractivity contribution in [1.29, 1.82) is 0 Å². The van der Waals surface area contributed by atoms with E-state index in [-0.39, 0.29) is 25.1 Å². The number of carbonyl (C=O) groups is 1. The Hall–Kier alpha value is -0.0400. The molecule has 0 spiro atoms. The molecule has 0 radical (unpaired) electrons. The van der Waals surface area contributed by atoms with Gasteiger partial charge in [0.15, 0.2) is 0 Å². The molecule has 0 atom stereocenters. The molecule has 1 aromatic rings. The van der Waals surface area contributed by atoms with Crippen LogP contribution in [-0.2, 0) is 0 Å². The SMILES string of the molecule is CC(C)N(CCO)C(=O)c1cc(Cl)cc(Cl)c1I. The van der Waals surface area contributed by atoms with Crippen LogP contribution in [-0.4, -0.2) is 35.1 Å². The molecule has 0 fully saturated rings. The second-order valence-electron chi connectivity index (χ2n) is 4.07. The van der Waals surface area contributed by atoms with E-state index in [9.17, 15) is 4.79 Å². The molecule has 0 unspecified atom stereocenters. The smallest absolute Gasteiger partial charge is 0.255 e. The van der Waals surface area contributed by atoms with Gasteiger partial charge in [-0.3, -0.25) is 4.79 Å². The van der Waals surface area contributed by atoms with Crippen molar-refractivity contribution >= 4 is 51.7 Å². The van der Waals surface area contributed by atoms with Gasteiger partial charge in [0, 0.05) is 21.2 Å². The molecule has 0 saturated carbocycles. The molecule has 1 amide bonds. The van der Waals surface area contributed by atoms with Gasteiger partial charge in [-0.15, -0.1) is 0 Å². The van der Waals surface area contributed by atoms with E-state index in [1.54, 1.807) is 17.0 Å². The molecule has 6 heteroatoms. The van der Waals surface area contributed by atoms with Crippen LogP contribution in [0.3, 0.4) is 0 Å². The molecule has 3 nitrogen and oxygen atoms in total. The summed E-state index contributed by atoms with van der Waals surface area (Å²) in [6.45, 7) is 4.00. The topological polar surface area (TPSA) is 40.5 Å². The summed E-state index contributed by atoms with van der Waals surface area (Å²) in [4.78, 5) is 14.0. The van der Waals surface area contributed by atoms with Gasteiger partial charge in [0.05, 0.1) is 17.2 Å². The van der Waals surface area contributed by atoms with E-state index >= 15 is 0 Å². The number of nitrogens with zero attached hydrogens (tertiary/aromatic N) is 1. The first-order valence-electron chi connectivity index (χ1n) is 5.44. The van der Waals surface area contributed by atoms with Gasteiger partial charge in [-0.25, -0.2) is 0 Å². The first-order valence-corrected chi connectivity index (χ1v) is 7.28. The number of aliphatic hydroxyl groups is 1. The lowest BCUT2D eigenvalue weighted by atomic mass is 10.1. The van der Waals surface area contributed by atoms with Crippen molar-refractivity contribution in [2.45, 2.75) is 19.9 Å². The Balaban J connectivity index is 3.16. The highest BCUT2D eigenvalue weighted by Crippen LogP contribution is 2.28. The summed E-state index contributed by atoms with van der Waals surface area (Å²) in [5.41, 5.74) is 0.468. The number of aliphatic hydroxyl groups excluding tert-OH is 1. The molecule has 0 aliphatic rings. The van der Waals surface area contributed by atoms with Crippen molar-refractivity contribution in [3.8, 4) is 0 Å². The van der Waals surface area contributed by atoms with Gasteiger partial charge in [0.25, 0.3) is 5.91 Å². The molecule has 1 aromatic carbocycles. The van der Waals surface area contributed by atoms with Gasteiger partial charge in [0.2, 0.25) is 0 Å². The van der Waals surface area contributed by atoms with Crippen LogP contribution in [0.15, 0.2) is 12.1 Å². The van der Waals surface area contributed by atoms with Crippen LogP contribution in [0, 0.1) is 3.57 Å². The van der Waals surface area contributed by atoms with Crippen molar-refractivity contribution in [2.24, 2.45) is 0 Å². The number of benzene rings is 1. The number of amides is 1. The lowest BCUT2D eigenvalue weighted by Crippen LogP contribution is -2.39. The molecule has 1 N–H and O–H groups in total. The third kappa shape index (κ3) is 3.73. The predicted molar refractivity (Wildman–Crippen MR) is 82.4 cm³/mol. The molecule has 0 aromatic heterocycles. The minimum atomic E-state index is -0.173. The van der Waals surface area contributed by atoms with Crippen molar-refractivity contribution in [1.82, 2.24) is 4.90 Å². The third-order valence-corrected chi connectivity index (χ3v) is 4.45. The van der Waals surface area contributed by atoms with E-state index in [0.717, 1.165) is 0 Å². The van der Waals surface area contributed by atoms with E-state index in [0.29, 0.717) is 19.2 Å². The van der Waals surface area contributed by atoms with Gasteiger partial charge in [-0.05, 0) is 48.6 Å². The molecule has 0 aliphatic carbocycles. The first kappa shape index (κ1) is 16.0. The molecule has 100 valence electrons. The zero-order chi connectivity index (χ0) is 13.9. The maximum atomic E-state index is 12.4. The summed E-state index contributed by atoms with van der Waals surface area (Å²) in [5.74, 6) is -0.173. The Labute approximate surface area is 130 Å². The van der Waals surface area contributed by atoms with Crippen LogP contribution < -0.4 is 0 Å². The van der Waals surface area contributed by atoms with Gasteiger partial charge < -0.3 is 10.0 Å². The highest BCUT2D eigenvalue weighted by molar-refractivity contribution is 14.1. The van der Waals surface area contributed by atoms with Crippen molar-refractivity contribution in [3.05, 3.63) is 31.3 Å². The van der Waals surface area contributed by atoms with Crippen LogP contribution in [0.2, 0.25) is 10.0 Å². The molecule has 0 heterocycles. The van der Waals surface area contributed by atoms with Crippen LogP contribution in [0.25, 0.3) is 0 Å². The van der Waals surface area contributed by atoms with Gasteiger partial charge >= 0.3 is 0 Å². The highest BCUT2D eigenvalue weighted by Gasteiger charge is 2.22. The largest absolute Gasteiger partial charge is 0.395 e. The molecular formula is C12H14Cl2INO2. The average molecular weight is 402 g/mol. The van der Waals surface area contributed by atoms with Crippen LogP contribution in [0.4, 0.5) is 0 Å². The quantitative estimate of drug-likeness (QED) is 0.620. The Bertz CT molecular complexity index is 452. The number of hydrogen-bond donors (Lipinski definition) is 1. The average Bonchev–Trinajstić information content (AvgIpc) is 2.29. The lowest BCUT2D eigenvalue weighted by molar-refractivity contribution is 0.0664. The number of halogens is 3. The summed E-state index contributed by atoms with van der Waals surface area (Å²) in [6.07, 6.45) is 0. The summed E-state index contributed by atoms with van der Waals surface area (Å²) in [5, 5.41) is 9.90. The van der Waals surface area contributed by atoms with E-state index in [2.05, 4.69) is 0 Å². The van der Waals surface area contributed by atoms with Crippen LogP contribution in [0.5, 0.6) is 0 Å². The summed E-state index contributed by atoms with van der Waals surface area (Å²) in [6, 6.07) is 3.20. The fourth-order valence-corrected chi connectivity index (χ4v) is 2.60. The van der Waals surface area contributed by atoms with Crippen molar-refractivity contribution < 1.29 is 9.90 Å². The van der Waals surface area contributed by atoms with E-state index in [1.165, 1.54) is 0 Å². The lowest BCUT2D eigenvalue weighted by Gasteiger charge is -2.26. The Morgan fingerprint density at radius 3 is 2.56 bits per heavy atom. The van der Waals surface area contributed by atoms with Crippen molar-refractivity contribution in [3.63, 3.8) is 0 Å². The third-order valence-electron chi connectivity index (χ3n) is 2.45. The summed E-state index contributed by atoms with van der Waals surface area (Å²) >= 11 is 14.0. The second-order valence-corrected chi connectivity index (χ2v) is 5.99. The Morgan fingerprint density at radius 1 is 1.44 bits per heavy atom. The maximum Gasteiger partial charge on any atom is 0.255 e. The molecule has 18 heavy (non-hydrogen) atoms. The predicted octanol–water partition coefficient (Wildman–Crippen LogP) is 3.44. The van der Waals surface area contributed by atoms with Gasteiger partial charge in [-0.2, -0.15) is 0 Å². The Morgan fingerprint density at radius 2 is 2.06 bits per heavy atom. The fourth-order valence-electron chi connectivity index (χ4n) is 1.57. The van der Waals surface area contributed by atoms with Gasteiger partial charge in [-0.1, -0.05) is 23.2 Å². The van der Waals surface area contributed by atoms with Crippen molar-refractivity contribution in [2.75, 3.05) is 13.2 Å². The van der Waals surface area contributed by atoms with Crippen LogP contribution >= 0.6 is 45.8 Å². The zero-order valence-corrected chi connectivity index (χ0v) is 13.8. The minimum absolute atomic E-state index is 0.00166. The van der Waals surface area contributed by atoms with Crippen LogP contribution in [0.1, 0.15) is 24.2 Å². The van der Waals surface area contributed by atoms with E-state index in [1.807, 2.05) is 36.4 Å². The zero-order valence-electron chi connectivity index (χ0n) is 10.1. The number of hydrogen-bond acceptors (Lipinski definition) is 2. The molecule has 0 bridgehead atoms. The highest BCUT2D eigenvalue weighted by atomic mass is 127. The second kappa shape index (κ2) is 6.93. The maximum absolute atomic E-state index is 12.4. The molecule has 0 saturated heterocycles. The Kier molecular flexibility index (Phi) is 6.17. The summed E-state index contributed by atoms with van der Waals surface area (Å²) < 4.78 is 0.673.